The summed E-state index contributed by atoms with van der Waals surface area (Å²) in [5.74, 6) is 0. The molecule has 0 fully saturated rings. The first-order valence-electron chi connectivity index (χ1n) is 10.7. The van der Waals surface area contributed by atoms with Gasteiger partial charge in [0.1, 0.15) is 0 Å². The van der Waals surface area contributed by atoms with Gasteiger partial charge < -0.3 is 5.11 Å². The lowest BCUT2D eigenvalue weighted by atomic mass is 9.77. The fourth-order valence-corrected chi connectivity index (χ4v) is 3.89. The summed E-state index contributed by atoms with van der Waals surface area (Å²) in [6, 6.07) is 0. The van der Waals surface area contributed by atoms with Gasteiger partial charge >= 0.3 is 0 Å². The molecule has 0 unspecified atom stereocenters. The number of aliphatic hydroxyl groups is 1. The highest BCUT2D eigenvalue weighted by molar-refractivity contribution is 5.39. The van der Waals surface area contributed by atoms with Crippen molar-refractivity contribution in [3.8, 4) is 0 Å². The third-order valence-corrected chi connectivity index (χ3v) is 4.84. The van der Waals surface area contributed by atoms with Gasteiger partial charge in [-0.3, -0.25) is 0 Å². The van der Waals surface area contributed by atoms with Gasteiger partial charge in [-0.25, -0.2) is 0 Å². The molecule has 0 amide bonds. The van der Waals surface area contributed by atoms with Crippen LogP contribution in [0.2, 0.25) is 0 Å². The molecule has 1 N–H and O–H groups in total. The molecule has 0 aromatic heterocycles. The van der Waals surface area contributed by atoms with Crippen molar-refractivity contribution in [3.05, 3.63) is 22.8 Å². The first kappa shape index (κ1) is 23.4. The molecule has 0 aromatic rings. The van der Waals surface area contributed by atoms with E-state index >= 15 is 0 Å². The predicted octanol–water partition coefficient (Wildman–Crippen LogP) is 7.74. The van der Waals surface area contributed by atoms with E-state index in [1.54, 1.807) is 0 Å². The average molecular weight is 337 g/mol. The quantitative estimate of drug-likeness (QED) is 0.322. The Bertz CT molecular complexity index is 369. The summed E-state index contributed by atoms with van der Waals surface area (Å²) in [6.45, 7) is 13.4. The summed E-state index contributed by atoms with van der Waals surface area (Å²) in [4.78, 5) is 0. The van der Waals surface area contributed by atoms with Gasteiger partial charge in [0, 0.05) is 0 Å². The number of hydrogen-bond donors (Lipinski definition) is 1. The fraction of sp³-hybridized carbons (Fsp3) is 0.826. The summed E-state index contributed by atoms with van der Waals surface area (Å²) < 4.78 is 0. The van der Waals surface area contributed by atoms with Gasteiger partial charge in [0.15, 0.2) is 0 Å². The monoisotopic (exact) mass is 336 g/mol. The maximum atomic E-state index is 11.6. The molecule has 0 spiro atoms. The molecule has 24 heavy (non-hydrogen) atoms. The van der Waals surface area contributed by atoms with Crippen LogP contribution in [0.5, 0.6) is 0 Å². The third kappa shape index (κ3) is 7.55. The summed E-state index contributed by atoms with van der Waals surface area (Å²) in [6.07, 6.45) is 15.5. The predicted molar refractivity (Wildman–Crippen MR) is 110 cm³/mol. The lowest BCUT2D eigenvalue weighted by Crippen LogP contribution is -2.32. The van der Waals surface area contributed by atoms with Gasteiger partial charge in [0.2, 0.25) is 0 Å². The molecule has 0 atom stereocenters. The zero-order valence-electron chi connectivity index (χ0n) is 17.5. The minimum absolute atomic E-state index is 0.594. The Balaban J connectivity index is 6.16. The number of unbranched alkanes of at least 4 members (excludes halogenated alkanes) is 1. The highest BCUT2D eigenvalue weighted by Gasteiger charge is 2.31. The van der Waals surface area contributed by atoms with Gasteiger partial charge in [-0.2, -0.15) is 0 Å². The van der Waals surface area contributed by atoms with E-state index in [0.29, 0.717) is 0 Å². The van der Waals surface area contributed by atoms with Crippen LogP contribution < -0.4 is 0 Å². The molecule has 0 radical (unpaired) electrons. The van der Waals surface area contributed by atoms with Crippen LogP contribution in [-0.2, 0) is 0 Å². The summed E-state index contributed by atoms with van der Waals surface area (Å²) in [7, 11) is 0. The normalized spacial score (nSPS) is 14.0. The SMILES string of the molecule is CCC/C=C(CCC)/C(CCC)=C(/CCC)C(O)(CCC)CCC. The van der Waals surface area contributed by atoms with E-state index in [1.807, 2.05) is 0 Å². The first-order chi connectivity index (χ1) is 11.5. The van der Waals surface area contributed by atoms with E-state index in [2.05, 4.69) is 47.6 Å². The molecular formula is C23H44O. The van der Waals surface area contributed by atoms with Crippen LogP contribution in [0.1, 0.15) is 119 Å². The second-order valence-electron chi connectivity index (χ2n) is 7.26. The largest absolute Gasteiger partial charge is 0.385 e. The maximum absolute atomic E-state index is 11.6. The maximum Gasteiger partial charge on any atom is 0.0862 e. The molecule has 0 aliphatic carbocycles. The minimum Gasteiger partial charge on any atom is -0.385 e. The van der Waals surface area contributed by atoms with E-state index < -0.39 is 5.60 Å². The van der Waals surface area contributed by atoms with Crippen LogP contribution in [-0.4, -0.2) is 10.7 Å². The minimum atomic E-state index is -0.594. The van der Waals surface area contributed by atoms with Crippen molar-refractivity contribution >= 4 is 0 Å². The van der Waals surface area contributed by atoms with Crippen molar-refractivity contribution in [2.45, 2.75) is 124 Å². The van der Waals surface area contributed by atoms with Crippen LogP contribution in [0.15, 0.2) is 22.8 Å². The van der Waals surface area contributed by atoms with E-state index in [9.17, 15) is 5.11 Å². The second kappa shape index (κ2) is 13.7. The zero-order chi connectivity index (χ0) is 18.4. The smallest absolute Gasteiger partial charge is 0.0862 e. The van der Waals surface area contributed by atoms with Crippen molar-refractivity contribution in [1.29, 1.82) is 0 Å². The Labute approximate surface area is 152 Å². The van der Waals surface area contributed by atoms with Crippen molar-refractivity contribution in [2.75, 3.05) is 0 Å². The van der Waals surface area contributed by atoms with Crippen molar-refractivity contribution in [1.82, 2.24) is 0 Å². The van der Waals surface area contributed by atoms with Crippen LogP contribution in [0.4, 0.5) is 0 Å². The lowest BCUT2D eigenvalue weighted by Gasteiger charge is -2.34. The van der Waals surface area contributed by atoms with Gasteiger partial charge in [-0.1, -0.05) is 86.1 Å². The second-order valence-corrected chi connectivity index (χ2v) is 7.26. The Morgan fingerprint density at radius 2 is 1.25 bits per heavy atom. The Hall–Kier alpha value is -0.560. The van der Waals surface area contributed by atoms with Gasteiger partial charge in [0.25, 0.3) is 0 Å². The summed E-state index contributed by atoms with van der Waals surface area (Å²) in [5.41, 5.74) is 3.80. The van der Waals surface area contributed by atoms with Crippen LogP contribution in [0, 0.1) is 0 Å². The van der Waals surface area contributed by atoms with Crippen LogP contribution in [0.25, 0.3) is 0 Å². The van der Waals surface area contributed by atoms with Crippen molar-refractivity contribution in [3.63, 3.8) is 0 Å². The highest BCUT2D eigenvalue weighted by atomic mass is 16.3. The Morgan fingerprint density at radius 1 is 0.708 bits per heavy atom. The molecule has 142 valence electrons. The fourth-order valence-electron chi connectivity index (χ4n) is 3.89. The molecule has 0 aromatic carbocycles. The van der Waals surface area contributed by atoms with E-state index in [0.717, 1.165) is 64.2 Å². The molecule has 1 heteroatoms. The summed E-state index contributed by atoms with van der Waals surface area (Å²) in [5, 5.41) is 11.6. The Morgan fingerprint density at radius 3 is 1.67 bits per heavy atom. The van der Waals surface area contributed by atoms with E-state index in [4.69, 9.17) is 0 Å². The van der Waals surface area contributed by atoms with E-state index in [-0.39, 0.29) is 0 Å². The zero-order valence-corrected chi connectivity index (χ0v) is 17.5. The summed E-state index contributed by atoms with van der Waals surface area (Å²) >= 11 is 0. The first-order valence-corrected chi connectivity index (χ1v) is 10.7. The number of allylic oxidation sites excluding steroid dienone is 3. The van der Waals surface area contributed by atoms with Gasteiger partial charge in [-0.15, -0.1) is 0 Å². The van der Waals surface area contributed by atoms with Crippen molar-refractivity contribution < 1.29 is 5.11 Å². The molecule has 0 aliphatic heterocycles. The van der Waals surface area contributed by atoms with Crippen LogP contribution in [0.3, 0.4) is 0 Å². The molecule has 0 saturated carbocycles. The topological polar surface area (TPSA) is 20.2 Å². The molecule has 0 heterocycles. The van der Waals surface area contributed by atoms with Crippen LogP contribution >= 0.6 is 0 Å². The van der Waals surface area contributed by atoms with Gasteiger partial charge in [0.05, 0.1) is 5.60 Å². The highest BCUT2D eigenvalue weighted by Crippen LogP contribution is 2.38. The molecule has 0 bridgehead atoms. The van der Waals surface area contributed by atoms with Gasteiger partial charge in [-0.05, 0) is 55.2 Å². The number of rotatable bonds is 14. The lowest BCUT2D eigenvalue weighted by molar-refractivity contribution is 0.0535. The standard InChI is InChI=1S/C23H44O/c1-7-13-17-20(14-8-2)21(15-9-3)22(16-10-4)23(24,18-11-5)19-12-6/h17,24H,7-16,18-19H2,1-6H3/b20-17+,22-21-. The molecular weight excluding hydrogens is 292 g/mol. The number of hydrogen-bond acceptors (Lipinski definition) is 1. The third-order valence-electron chi connectivity index (χ3n) is 4.84. The van der Waals surface area contributed by atoms with Crippen molar-refractivity contribution in [2.24, 2.45) is 0 Å². The molecule has 0 saturated heterocycles. The van der Waals surface area contributed by atoms with E-state index in [1.165, 1.54) is 29.6 Å². The average Bonchev–Trinajstić information content (AvgIpc) is 2.55. The Kier molecular flexibility index (Phi) is 13.4. The molecule has 1 nitrogen and oxygen atoms in total. The molecule has 0 aliphatic rings. The molecule has 0 rings (SSSR count).